The summed E-state index contributed by atoms with van der Waals surface area (Å²) in [5.74, 6) is 0.144. The molecule has 0 saturated carbocycles. The van der Waals surface area contributed by atoms with Crippen LogP contribution in [0.15, 0.2) is 30.6 Å². The molecule has 0 amide bonds. The van der Waals surface area contributed by atoms with Crippen molar-refractivity contribution < 1.29 is 20.1 Å². The average molecular weight is 302 g/mol. The molecule has 2 aromatic rings. The number of carbonyl (C=O) groups is 1. The lowest BCUT2D eigenvalue weighted by Gasteiger charge is -2.11. The molecule has 0 unspecified atom stereocenters. The van der Waals surface area contributed by atoms with Gasteiger partial charge in [0.05, 0.1) is 18.8 Å². The van der Waals surface area contributed by atoms with Crippen molar-refractivity contribution in [3.8, 4) is 0 Å². The maximum absolute atomic E-state index is 11.3. The number of aryl methyl sites for hydroxylation is 1. The normalized spacial score (nSPS) is 10.7. The van der Waals surface area contributed by atoms with Gasteiger partial charge in [0.15, 0.2) is 5.78 Å². The van der Waals surface area contributed by atoms with Crippen LogP contribution in [0.2, 0.25) is 0 Å². The zero-order valence-electron chi connectivity index (χ0n) is 12.1. The number of aliphatic hydroxyl groups excluding tert-OH is 3. The van der Waals surface area contributed by atoms with Crippen LogP contribution < -0.4 is 0 Å². The van der Waals surface area contributed by atoms with Crippen molar-refractivity contribution >= 4 is 5.78 Å². The predicted molar refractivity (Wildman–Crippen MR) is 79.1 cm³/mol. The lowest BCUT2D eigenvalue weighted by atomic mass is 9.97. The molecule has 0 saturated heterocycles. The number of hydrogen-bond acceptors (Lipinski definition) is 6. The molecule has 0 aliphatic rings. The van der Waals surface area contributed by atoms with E-state index in [2.05, 4.69) is 9.97 Å². The van der Waals surface area contributed by atoms with Gasteiger partial charge < -0.3 is 15.3 Å². The van der Waals surface area contributed by atoms with Crippen LogP contribution in [0.1, 0.15) is 32.9 Å². The lowest BCUT2D eigenvalue weighted by Crippen LogP contribution is -2.08. The summed E-state index contributed by atoms with van der Waals surface area (Å²) in [6, 6.07) is 5.43. The number of carbonyl (C=O) groups excluding carboxylic acids is 1. The molecule has 0 radical (unpaired) electrons. The second-order valence-electron chi connectivity index (χ2n) is 4.84. The number of benzene rings is 1. The predicted octanol–water partition coefficient (Wildman–Crippen LogP) is 0.421. The molecular formula is C16H18N2O4. The van der Waals surface area contributed by atoms with Crippen LogP contribution in [0, 0.1) is 0 Å². The standard InChI is InChI=1S/C16H18N2O4/c19-8-11-2-1-3-12(9-20)14(11)4-5-16-17-6-13(7-18-16)15(22)10-21/h1-3,6-7,19-21H,4-5,8-10H2. The first-order valence-electron chi connectivity index (χ1n) is 6.96. The van der Waals surface area contributed by atoms with Crippen molar-refractivity contribution in [2.75, 3.05) is 6.61 Å². The Kier molecular flexibility index (Phi) is 5.71. The van der Waals surface area contributed by atoms with Crippen LogP contribution in [0.4, 0.5) is 0 Å². The number of nitrogens with zero attached hydrogens (tertiary/aromatic N) is 2. The second-order valence-corrected chi connectivity index (χ2v) is 4.84. The number of aromatic nitrogens is 2. The molecule has 22 heavy (non-hydrogen) atoms. The summed E-state index contributed by atoms with van der Waals surface area (Å²) in [6.07, 6.45) is 3.90. The summed E-state index contributed by atoms with van der Waals surface area (Å²) >= 11 is 0. The summed E-state index contributed by atoms with van der Waals surface area (Å²) in [5, 5.41) is 27.5. The minimum absolute atomic E-state index is 0.0893. The quantitative estimate of drug-likeness (QED) is 0.641. The van der Waals surface area contributed by atoms with E-state index in [4.69, 9.17) is 5.11 Å². The van der Waals surface area contributed by atoms with E-state index >= 15 is 0 Å². The maximum Gasteiger partial charge on any atom is 0.191 e. The van der Waals surface area contributed by atoms with Crippen LogP contribution in [0.3, 0.4) is 0 Å². The number of hydrogen-bond donors (Lipinski definition) is 3. The molecule has 0 atom stereocenters. The van der Waals surface area contributed by atoms with Crippen molar-refractivity contribution in [1.82, 2.24) is 9.97 Å². The number of Topliss-reactive ketones (excluding diaryl/α,β-unsaturated/α-hetero) is 1. The van der Waals surface area contributed by atoms with Crippen molar-refractivity contribution in [2.45, 2.75) is 26.1 Å². The molecule has 0 fully saturated rings. The van der Waals surface area contributed by atoms with Crippen molar-refractivity contribution in [3.05, 3.63) is 58.7 Å². The third kappa shape index (κ3) is 3.73. The van der Waals surface area contributed by atoms with Gasteiger partial charge in [0.1, 0.15) is 12.4 Å². The highest BCUT2D eigenvalue weighted by atomic mass is 16.3. The van der Waals surface area contributed by atoms with E-state index in [1.807, 2.05) is 12.1 Å². The third-order valence-electron chi connectivity index (χ3n) is 3.48. The molecule has 0 aliphatic carbocycles. The molecule has 3 N–H and O–H groups in total. The fraction of sp³-hybridized carbons (Fsp3) is 0.312. The van der Waals surface area contributed by atoms with Gasteiger partial charge >= 0.3 is 0 Å². The summed E-state index contributed by atoms with van der Waals surface area (Å²) in [7, 11) is 0. The Hall–Kier alpha value is -2.15. The number of ketones is 1. The summed E-state index contributed by atoms with van der Waals surface area (Å²) in [6.45, 7) is -0.742. The van der Waals surface area contributed by atoms with Crippen LogP contribution in [0.5, 0.6) is 0 Å². The fourth-order valence-corrected chi connectivity index (χ4v) is 2.26. The molecule has 1 aromatic carbocycles. The third-order valence-corrected chi connectivity index (χ3v) is 3.48. The molecule has 1 heterocycles. The Morgan fingerprint density at radius 3 is 2.05 bits per heavy atom. The van der Waals surface area contributed by atoms with Crippen LogP contribution in [-0.2, 0) is 26.1 Å². The first-order chi connectivity index (χ1) is 10.7. The van der Waals surface area contributed by atoms with E-state index in [9.17, 15) is 15.0 Å². The molecule has 6 nitrogen and oxygen atoms in total. The molecule has 6 heteroatoms. The first kappa shape index (κ1) is 16.2. The lowest BCUT2D eigenvalue weighted by molar-refractivity contribution is 0.0903. The van der Waals surface area contributed by atoms with Crippen LogP contribution in [0.25, 0.3) is 0 Å². The largest absolute Gasteiger partial charge is 0.392 e. The Labute approximate surface area is 128 Å². The Balaban J connectivity index is 2.11. The number of rotatable bonds is 7. The average Bonchev–Trinajstić information content (AvgIpc) is 2.59. The Bertz CT molecular complexity index is 619. The fourth-order valence-electron chi connectivity index (χ4n) is 2.26. The minimum Gasteiger partial charge on any atom is -0.392 e. The van der Waals surface area contributed by atoms with Gasteiger partial charge in [-0.1, -0.05) is 18.2 Å². The van der Waals surface area contributed by atoms with E-state index in [0.29, 0.717) is 18.7 Å². The highest BCUT2D eigenvalue weighted by Gasteiger charge is 2.10. The Morgan fingerprint density at radius 1 is 0.955 bits per heavy atom. The van der Waals surface area contributed by atoms with Gasteiger partial charge in [-0.15, -0.1) is 0 Å². The van der Waals surface area contributed by atoms with E-state index < -0.39 is 12.4 Å². The van der Waals surface area contributed by atoms with Crippen LogP contribution >= 0.6 is 0 Å². The smallest absolute Gasteiger partial charge is 0.191 e. The zero-order valence-corrected chi connectivity index (χ0v) is 12.1. The van der Waals surface area contributed by atoms with E-state index in [1.165, 1.54) is 12.4 Å². The van der Waals surface area contributed by atoms with E-state index in [1.54, 1.807) is 6.07 Å². The molecule has 0 spiro atoms. The number of aliphatic hydroxyl groups is 3. The summed E-state index contributed by atoms with van der Waals surface area (Å²) in [4.78, 5) is 19.5. The highest BCUT2D eigenvalue weighted by Crippen LogP contribution is 2.17. The van der Waals surface area contributed by atoms with Crippen molar-refractivity contribution in [2.24, 2.45) is 0 Å². The van der Waals surface area contributed by atoms with Crippen molar-refractivity contribution in [3.63, 3.8) is 0 Å². The SMILES string of the molecule is O=C(CO)c1cnc(CCc2c(CO)cccc2CO)nc1. The summed E-state index contributed by atoms with van der Waals surface area (Å²) in [5.41, 5.74) is 2.72. The van der Waals surface area contributed by atoms with Gasteiger partial charge in [-0.2, -0.15) is 0 Å². The van der Waals surface area contributed by atoms with Crippen LogP contribution in [-0.4, -0.2) is 37.7 Å². The van der Waals surface area contributed by atoms with E-state index in [-0.39, 0.29) is 18.8 Å². The minimum atomic E-state index is -0.563. The van der Waals surface area contributed by atoms with Gasteiger partial charge in [0.2, 0.25) is 0 Å². The van der Waals surface area contributed by atoms with Gasteiger partial charge in [-0.25, -0.2) is 9.97 Å². The molecule has 1 aromatic heterocycles. The topological polar surface area (TPSA) is 104 Å². The summed E-state index contributed by atoms with van der Waals surface area (Å²) < 4.78 is 0. The molecule has 0 aliphatic heterocycles. The van der Waals surface area contributed by atoms with Gasteiger partial charge in [0, 0.05) is 18.8 Å². The first-order valence-corrected chi connectivity index (χ1v) is 6.96. The monoisotopic (exact) mass is 302 g/mol. The molecular weight excluding hydrogens is 284 g/mol. The zero-order chi connectivity index (χ0) is 15.9. The van der Waals surface area contributed by atoms with Gasteiger partial charge in [-0.3, -0.25) is 4.79 Å². The highest BCUT2D eigenvalue weighted by molar-refractivity contribution is 5.96. The van der Waals surface area contributed by atoms with Gasteiger partial charge in [-0.05, 0) is 23.1 Å². The Morgan fingerprint density at radius 2 is 1.55 bits per heavy atom. The van der Waals surface area contributed by atoms with Crippen molar-refractivity contribution in [1.29, 1.82) is 0 Å². The molecule has 0 bridgehead atoms. The maximum atomic E-state index is 11.3. The molecule has 2 rings (SSSR count). The van der Waals surface area contributed by atoms with E-state index in [0.717, 1.165) is 16.7 Å². The molecule has 116 valence electrons. The second kappa shape index (κ2) is 7.74. The van der Waals surface area contributed by atoms with Gasteiger partial charge in [0.25, 0.3) is 0 Å².